The number of alkyl halides is 1. The summed E-state index contributed by atoms with van der Waals surface area (Å²) in [6, 6.07) is 4.54. The fourth-order valence-corrected chi connectivity index (χ4v) is 1.63. The number of halogens is 1. The van der Waals surface area contributed by atoms with E-state index in [1.807, 2.05) is 0 Å². The zero-order chi connectivity index (χ0) is 13.7. The number of methoxy groups -OCH3 is 1. The molecule has 0 aliphatic carbocycles. The van der Waals surface area contributed by atoms with Gasteiger partial charge in [-0.1, -0.05) is 22.0 Å². The maximum absolute atomic E-state index is 11.1. The first-order chi connectivity index (χ1) is 8.47. The van der Waals surface area contributed by atoms with Gasteiger partial charge in [-0.15, -0.1) is 0 Å². The maximum Gasteiger partial charge on any atom is 0.322 e. The van der Waals surface area contributed by atoms with E-state index < -0.39 is 15.7 Å². The van der Waals surface area contributed by atoms with Gasteiger partial charge in [0, 0.05) is 6.07 Å². The molecule has 0 fully saturated rings. The average molecular weight is 318 g/mol. The van der Waals surface area contributed by atoms with Gasteiger partial charge in [0.05, 0.1) is 17.6 Å². The quantitative estimate of drug-likeness (QED) is 0.360. The summed E-state index contributed by atoms with van der Waals surface area (Å²) in [6.45, 7) is 1.63. The lowest BCUT2D eigenvalue weighted by Crippen LogP contribution is -2.23. The highest BCUT2D eigenvalue weighted by atomic mass is 79.9. The number of carbonyl (C=O) groups excluding carboxylic acids is 1. The molecular weight excluding hydrogens is 306 g/mol. The molecule has 0 aliphatic rings. The second-order valence-electron chi connectivity index (χ2n) is 3.46. The third-order valence-electron chi connectivity index (χ3n) is 2.29. The van der Waals surface area contributed by atoms with E-state index in [9.17, 15) is 14.9 Å². The largest absolute Gasteiger partial charge is 0.491 e. The van der Waals surface area contributed by atoms with Gasteiger partial charge < -0.3 is 9.47 Å². The molecule has 98 valence electrons. The number of hydrogen-bond acceptors (Lipinski definition) is 5. The summed E-state index contributed by atoms with van der Waals surface area (Å²) in [5, 5.41) is 10.7. The van der Waals surface area contributed by atoms with E-state index in [1.165, 1.54) is 19.2 Å². The van der Waals surface area contributed by atoms with Crippen LogP contribution in [0, 0.1) is 17.0 Å². The lowest BCUT2D eigenvalue weighted by atomic mass is 10.2. The van der Waals surface area contributed by atoms with Crippen LogP contribution in [0.5, 0.6) is 5.75 Å². The summed E-state index contributed by atoms with van der Waals surface area (Å²) in [7, 11) is 1.27. The van der Waals surface area contributed by atoms with Gasteiger partial charge in [0.1, 0.15) is 17.2 Å². The fourth-order valence-electron chi connectivity index (χ4n) is 1.32. The van der Waals surface area contributed by atoms with Gasteiger partial charge in [0.2, 0.25) is 0 Å². The van der Waals surface area contributed by atoms with E-state index >= 15 is 0 Å². The predicted molar refractivity (Wildman–Crippen MR) is 68.1 cm³/mol. The standard InChI is InChI=1S/C11H12BrNO5/c1-7-9(13(15)16)4-3-5-10(7)18-6-8(12)11(14)17-2/h3-5,8H,6H2,1-2H3. The van der Waals surface area contributed by atoms with Crippen molar-refractivity contribution in [3.63, 3.8) is 0 Å². The number of ether oxygens (including phenoxy) is 2. The summed E-state index contributed by atoms with van der Waals surface area (Å²) in [5.41, 5.74) is 0.406. The smallest absolute Gasteiger partial charge is 0.322 e. The monoisotopic (exact) mass is 317 g/mol. The Morgan fingerprint density at radius 2 is 2.22 bits per heavy atom. The fraction of sp³-hybridized carbons (Fsp3) is 0.364. The molecule has 0 amide bonds. The molecule has 0 heterocycles. The molecule has 1 unspecified atom stereocenters. The van der Waals surface area contributed by atoms with Crippen LogP contribution in [0.15, 0.2) is 18.2 Å². The van der Waals surface area contributed by atoms with Crippen LogP contribution in [0.1, 0.15) is 5.56 Å². The topological polar surface area (TPSA) is 78.7 Å². The number of hydrogen-bond donors (Lipinski definition) is 0. The molecule has 1 aromatic carbocycles. The molecule has 18 heavy (non-hydrogen) atoms. The van der Waals surface area contributed by atoms with Crippen LogP contribution in [-0.2, 0) is 9.53 Å². The third kappa shape index (κ3) is 3.43. The second kappa shape index (κ2) is 6.34. The van der Waals surface area contributed by atoms with Crippen molar-refractivity contribution in [1.29, 1.82) is 0 Å². The number of nitro benzene ring substituents is 1. The molecule has 7 heteroatoms. The molecule has 0 bridgehead atoms. The summed E-state index contributed by atoms with van der Waals surface area (Å²) in [4.78, 5) is 20.8. The van der Waals surface area contributed by atoms with Crippen molar-refractivity contribution < 1.29 is 19.2 Å². The van der Waals surface area contributed by atoms with Crippen molar-refractivity contribution >= 4 is 27.6 Å². The van der Waals surface area contributed by atoms with Crippen molar-refractivity contribution in [3.05, 3.63) is 33.9 Å². The van der Waals surface area contributed by atoms with Gasteiger partial charge in [-0.05, 0) is 13.0 Å². The number of rotatable bonds is 5. The Bertz CT molecular complexity index is 463. The number of benzene rings is 1. The van der Waals surface area contributed by atoms with Crippen LogP contribution in [0.4, 0.5) is 5.69 Å². The maximum atomic E-state index is 11.1. The van der Waals surface area contributed by atoms with Crippen molar-refractivity contribution in [3.8, 4) is 5.75 Å². The molecular formula is C11H12BrNO5. The molecule has 0 saturated heterocycles. The number of carbonyl (C=O) groups is 1. The van der Waals surface area contributed by atoms with Crippen LogP contribution in [0.3, 0.4) is 0 Å². The molecule has 0 aromatic heterocycles. The zero-order valence-corrected chi connectivity index (χ0v) is 11.5. The molecule has 6 nitrogen and oxygen atoms in total. The van der Waals surface area contributed by atoms with Crippen LogP contribution in [-0.4, -0.2) is 29.4 Å². The first kappa shape index (κ1) is 14.4. The van der Waals surface area contributed by atoms with E-state index in [1.54, 1.807) is 13.0 Å². The second-order valence-corrected chi connectivity index (χ2v) is 4.56. The van der Waals surface area contributed by atoms with Crippen molar-refractivity contribution in [1.82, 2.24) is 0 Å². The Morgan fingerprint density at radius 3 is 2.78 bits per heavy atom. The molecule has 1 atom stereocenters. The van der Waals surface area contributed by atoms with E-state index in [0.717, 1.165) is 0 Å². The average Bonchev–Trinajstić information content (AvgIpc) is 2.35. The van der Waals surface area contributed by atoms with Gasteiger partial charge in [-0.2, -0.15) is 0 Å². The van der Waals surface area contributed by atoms with Gasteiger partial charge >= 0.3 is 5.97 Å². The summed E-state index contributed by atoms with van der Waals surface area (Å²) in [5.74, 6) is -0.0874. The minimum atomic E-state index is -0.610. The van der Waals surface area contributed by atoms with Crippen LogP contribution in [0.25, 0.3) is 0 Å². The van der Waals surface area contributed by atoms with E-state index in [0.29, 0.717) is 11.3 Å². The van der Waals surface area contributed by atoms with Gasteiger partial charge in [0.15, 0.2) is 0 Å². The molecule has 1 aromatic rings. The molecule has 1 rings (SSSR count). The predicted octanol–water partition coefficient (Wildman–Crippen LogP) is 2.22. The van der Waals surface area contributed by atoms with Crippen molar-refractivity contribution in [2.75, 3.05) is 13.7 Å². The van der Waals surface area contributed by atoms with E-state index in [-0.39, 0.29) is 12.3 Å². The minimum absolute atomic E-state index is 0.0170. The number of nitrogens with zero attached hydrogens (tertiary/aromatic N) is 1. The lowest BCUT2D eigenvalue weighted by molar-refractivity contribution is -0.385. The molecule has 0 spiro atoms. The van der Waals surface area contributed by atoms with Crippen molar-refractivity contribution in [2.24, 2.45) is 0 Å². The van der Waals surface area contributed by atoms with Crippen LogP contribution < -0.4 is 4.74 Å². The zero-order valence-electron chi connectivity index (χ0n) is 9.88. The third-order valence-corrected chi connectivity index (χ3v) is 2.93. The summed E-state index contributed by atoms with van der Waals surface area (Å²) in [6.07, 6.45) is 0. The van der Waals surface area contributed by atoms with Crippen molar-refractivity contribution in [2.45, 2.75) is 11.8 Å². The molecule has 0 radical (unpaired) electrons. The van der Waals surface area contributed by atoms with E-state index in [4.69, 9.17) is 4.74 Å². The molecule has 0 aliphatic heterocycles. The Kier molecular flexibility index (Phi) is 5.08. The minimum Gasteiger partial charge on any atom is -0.491 e. The Hall–Kier alpha value is -1.63. The number of esters is 1. The Balaban J connectivity index is 2.77. The van der Waals surface area contributed by atoms with Crippen LogP contribution >= 0.6 is 15.9 Å². The Morgan fingerprint density at radius 1 is 1.56 bits per heavy atom. The van der Waals surface area contributed by atoms with Crippen LogP contribution in [0.2, 0.25) is 0 Å². The van der Waals surface area contributed by atoms with Gasteiger partial charge in [0.25, 0.3) is 5.69 Å². The normalized spacial score (nSPS) is 11.7. The SMILES string of the molecule is COC(=O)C(Br)COc1cccc([N+](=O)[O-])c1C. The lowest BCUT2D eigenvalue weighted by Gasteiger charge is -2.11. The highest BCUT2D eigenvalue weighted by Crippen LogP contribution is 2.27. The summed E-state index contributed by atoms with van der Waals surface area (Å²) >= 11 is 3.10. The molecule has 0 saturated carbocycles. The number of nitro groups is 1. The highest BCUT2D eigenvalue weighted by molar-refractivity contribution is 9.10. The Labute approximate surface area is 112 Å². The first-order valence-corrected chi connectivity index (χ1v) is 5.97. The van der Waals surface area contributed by atoms with Gasteiger partial charge in [-0.25, -0.2) is 0 Å². The summed E-state index contributed by atoms with van der Waals surface area (Å²) < 4.78 is 9.88. The van der Waals surface area contributed by atoms with Gasteiger partial charge in [-0.3, -0.25) is 14.9 Å². The molecule has 0 N–H and O–H groups in total. The highest BCUT2D eigenvalue weighted by Gasteiger charge is 2.18. The van der Waals surface area contributed by atoms with E-state index in [2.05, 4.69) is 20.7 Å². The first-order valence-electron chi connectivity index (χ1n) is 5.06.